The predicted molar refractivity (Wildman–Crippen MR) is 54.3 cm³/mol. The molecule has 0 unspecified atom stereocenters. The Bertz CT molecular complexity index is 289. The number of rotatable bonds is 2. The van der Waals surface area contributed by atoms with Crippen LogP contribution in [0, 0.1) is 0 Å². The van der Waals surface area contributed by atoms with Crippen LogP contribution in [0.3, 0.4) is 0 Å². The van der Waals surface area contributed by atoms with Gasteiger partial charge in [0.2, 0.25) is 0 Å². The summed E-state index contributed by atoms with van der Waals surface area (Å²) in [5.41, 5.74) is 0.733. The molecule has 1 aliphatic heterocycles. The number of hydrogen-bond acceptors (Lipinski definition) is 3. The molecule has 3 heteroatoms. The van der Waals surface area contributed by atoms with E-state index >= 15 is 0 Å². The third-order valence-electron chi connectivity index (χ3n) is 1.36. The van der Waals surface area contributed by atoms with Crippen molar-refractivity contribution >= 4 is 12.2 Å². The van der Waals surface area contributed by atoms with Gasteiger partial charge in [-0.25, -0.2) is 4.99 Å². The summed E-state index contributed by atoms with van der Waals surface area (Å²) in [6.07, 6.45) is 5.05. The SMILES string of the molecule is CC(C)(C)OCC1=CC=C=NC=N1. The molecule has 0 aromatic rings. The molecule has 0 saturated carbocycles. The van der Waals surface area contributed by atoms with Crippen molar-refractivity contribution in [2.75, 3.05) is 6.61 Å². The van der Waals surface area contributed by atoms with Gasteiger partial charge in [0.25, 0.3) is 0 Å². The zero-order chi connectivity index (χ0) is 9.73. The van der Waals surface area contributed by atoms with Crippen LogP contribution in [0.5, 0.6) is 0 Å². The van der Waals surface area contributed by atoms with Crippen molar-refractivity contribution in [3.05, 3.63) is 17.8 Å². The van der Waals surface area contributed by atoms with Crippen LogP contribution in [0.15, 0.2) is 27.8 Å². The van der Waals surface area contributed by atoms with E-state index in [4.69, 9.17) is 4.74 Å². The minimum Gasteiger partial charge on any atom is -0.370 e. The number of allylic oxidation sites excluding steroid dienone is 2. The summed E-state index contributed by atoms with van der Waals surface area (Å²) in [4.78, 5) is 7.84. The van der Waals surface area contributed by atoms with Crippen LogP contribution >= 0.6 is 0 Å². The first-order valence-corrected chi connectivity index (χ1v) is 4.22. The lowest BCUT2D eigenvalue weighted by Crippen LogP contribution is -2.20. The van der Waals surface area contributed by atoms with E-state index in [1.54, 1.807) is 6.08 Å². The molecule has 0 bridgehead atoms. The normalized spacial score (nSPS) is 15.8. The topological polar surface area (TPSA) is 34.0 Å². The molecule has 13 heavy (non-hydrogen) atoms. The van der Waals surface area contributed by atoms with Crippen LogP contribution in [-0.2, 0) is 4.74 Å². The van der Waals surface area contributed by atoms with Crippen molar-refractivity contribution in [2.24, 2.45) is 9.98 Å². The van der Waals surface area contributed by atoms with Gasteiger partial charge in [-0.15, -0.1) is 0 Å². The van der Waals surface area contributed by atoms with Crippen molar-refractivity contribution in [2.45, 2.75) is 26.4 Å². The van der Waals surface area contributed by atoms with E-state index in [1.807, 2.05) is 26.8 Å². The largest absolute Gasteiger partial charge is 0.370 e. The molecule has 0 aliphatic carbocycles. The first-order valence-electron chi connectivity index (χ1n) is 4.22. The highest BCUT2D eigenvalue weighted by Crippen LogP contribution is 2.10. The Labute approximate surface area is 78.5 Å². The van der Waals surface area contributed by atoms with Gasteiger partial charge in [0.1, 0.15) is 6.34 Å². The van der Waals surface area contributed by atoms with E-state index in [2.05, 4.69) is 15.9 Å². The minimum atomic E-state index is -0.132. The zero-order valence-electron chi connectivity index (χ0n) is 8.24. The standard InChI is InChI=1S/C10H14N2O/c1-10(2,3)13-7-9-5-4-6-11-8-12-9/h4-5,8H,7H2,1-3H3. The monoisotopic (exact) mass is 178 g/mol. The van der Waals surface area contributed by atoms with E-state index in [9.17, 15) is 0 Å². The summed E-state index contributed by atoms with van der Waals surface area (Å²) in [6.45, 7) is 6.55. The molecule has 70 valence electrons. The fourth-order valence-corrected chi connectivity index (χ4v) is 0.732. The molecule has 3 nitrogen and oxygen atoms in total. The molecule has 0 atom stereocenters. The lowest BCUT2D eigenvalue weighted by molar-refractivity contribution is 0.0108. The van der Waals surface area contributed by atoms with E-state index in [1.165, 1.54) is 6.34 Å². The zero-order valence-corrected chi connectivity index (χ0v) is 8.24. The van der Waals surface area contributed by atoms with Crippen LogP contribution in [0.2, 0.25) is 0 Å². The molecule has 0 aromatic heterocycles. The Morgan fingerprint density at radius 2 is 2.23 bits per heavy atom. The molecule has 1 aliphatic rings. The highest BCUT2D eigenvalue weighted by molar-refractivity contribution is 5.72. The maximum absolute atomic E-state index is 5.55. The van der Waals surface area contributed by atoms with Gasteiger partial charge in [-0.3, -0.25) is 0 Å². The van der Waals surface area contributed by atoms with Gasteiger partial charge in [-0.2, -0.15) is 4.99 Å². The molecule has 0 spiro atoms. The maximum Gasteiger partial charge on any atom is 0.125 e. The van der Waals surface area contributed by atoms with Gasteiger partial charge >= 0.3 is 0 Å². The lowest BCUT2D eigenvalue weighted by Gasteiger charge is -2.19. The molecule has 0 N–H and O–H groups in total. The Morgan fingerprint density at radius 1 is 1.46 bits per heavy atom. The van der Waals surface area contributed by atoms with E-state index in [-0.39, 0.29) is 5.60 Å². The summed E-state index contributed by atoms with van der Waals surface area (Å²) in [5, 5.41) is 0. The lowest BCUT2D eigenvalue weighted by atomic mass is 10.2. The third-order valence-corrected chi connectivity index (χ3v) is 1.36. The molecule has 0 radical (unpaired) electrons. The second kappa shape index (κ2) is 4.17. The molecule has 0 fully saturated rings. The number of nitrogens with zero attached hydrogens (tertiary/aromatic N) is 2. The number of aliphatic imine (C=N–C) groups is 2. The fourth-order valence-electron chi connectivity index (χ4n) is 0.732. The van der Waals surface area contributed by atoms with Crippen LogP contribution in [0.25, 0.3) is 0 Å². The second-order valence-electron chi connectivity index (χ2n) is 3.73. The molecule has 0 amide bonds. The molecule has 0 saturated heterocycles. The first kappa shape index (κ1) is 9.90. The highest BCUT2D eigenvalue weighted by atomic mass is 16.5. The summed E-state index contributed by atoms with van der Waals surface area (Å²) in [7, 11) is 0. The van der Waals surface area contributed by atoms with E-state index in [0.717, 1.165) is 5.70 Å². The van der Waals surface area contributed by atoms with Crippen molar-refractivity contribution in [3.63, 3.8) is 0 Å². The van der Waals surface area contributed by atoms with Crippen LogP contribution in [0.4, 0.5) is 0 Å². The molecule has 1 rings (SSSR count). The van der Waals surface area contributed by atoms with E-state index < -0.39 is 0 Å². The summed E-state index contributed by atoms with van der Waals surface area (Å²) < 4.78 is 5.55. The Balaban J connectivity index is 2.47. The van der Waals surface area contributed by atoms with Crippen molar-refractivity contribution in [3.8, 4) is 0 Å². The van der Waals surface area contributed by atoms with Crippen LogP contribution in [-0.4, -0.2) is 24.4 Å². The second-order valence-corrected chi connectivity index (χ2v) is 3.73. The average Bonchev–Trinajstić information content (AvgIpc) is 2.26. The molecule has 1 heterocycles. The molecule has 0 aromatic carbocycles. The van der Waals surface area contributed by atoms with Gasteiger partial charge in [0, 0.05) is 6.08 Å². The predicted octanol–water partition coefficient (Wildman–Crippen LogP) is 1.95. The maximum atomic E-state index is 5.55. The Hall–Kier alpha value is -1.18. The van der Waals surface area contributed by atoms with E-state index in [0.29, 0.717) is 6.61 Å². The summed E-state index contributed by atoms with van der Waals surface area (Å²) in [6, 6.07) is 0. The van der Waals surface area contributed by atoms with Crippen molar-refractivity contribution in [1.29, 1.82) is 0 Å². The fraction of sp³-hybridized carbons (Fsp3) is 0.500. The summed E-state index contributed by atoms with van der Waals surface area (Å²) in [5.74, 6) is 2.69. The highest BCUT2D eigenvalue weighted by Gasteiger charge is 2.10. The molecular formula is C10H14N2O. The van der Waals surface area contributed by atoms with Gasteiger partial charge in [0.05, 0.1) is 17.9 Å². The minimum absolute atomic E-state index is 0.132. The van der Waals surface area contributed by atoms with Crippen molar-refractivity contribution < 1.29 is 4.74 Å². The third kappa shape index (κ3) is 4.41. The Kier molecular flexibility index (Phi) is 3.18. The van der Waals surface area contributed by atoms with Gasteiger partial charge in [-0.05, 0) is 32.7 Å². The smallest absolute Gasteiger partial charge is 0.125 e. The number of hydrogen-bond donors (Lipinski definition) is 0. The quantitative estimate of drug-likeness (QED) is 0.636. The van der Waals surface area contributed by atoms with Crippen molar-refractivity contribution in [1.82, 2.24) is 0 Å². The van der Waals surface area contributed by atoms with Crippen LogP contribution < -0.4 is 0 Å². The summed E-state index contributed by atoms with van der Waals surface area (Å²) >= 11 is 0. The van der Waals surface area contributed by atoms with Gasteiger partial charge < -0.3 is 4.74 Å². The van der Waals surface area contributed by atoms with Gasteiger partial charge in [0.15, 0.2) is 0 Å². The number of ether oxygens (including phenoxy) is 1. The first-order chi connectivity index (χ1) is 6.08. The van der Waals surface area contributed by atoms with Crippen LogP contribution in [0.1, 0.15) is 20.8 Å². The Morgan fingerprint density at radius 3 is 2.92 bits per heavy atom. The molecular weight excluding hydrogens is 164 g/mol. The van der Waals surface area contributed by atoms with Gasteiger partial charge in [-0.1, -0.05) is 0 Å². The average molecular weight is 178 g/mol.